The summed E-state index contributed by atoms with van der Waals surface area (Å²) >= 11 is 0. The van der Waals surface area contributed by atoms with Gasteiger partial charge in [-0.1, -0.05) is 6.07 Å². The number of nitrogens with two attached hydrogens (primary N) is 1. The van der Waals surface area contributed by atoms with E-state index in [0.717, 1.165) is 0 Å². The highest BCUT2D eigenvalue weighted by molar-refractivity contribution is 7.89. The first-order valence-electron chi connectivity index (χ1n) is 8.23. The molecule has 2 rings (SSSR count). The molecule has 1 unspecified atom stereocenters. The molecule has 4 N–H and O–H groups in total. The molecule has 2 amide bonds. The van der Waals surface area contributed by atoms with Gasteiger partial charge < -0.3 is 20.3 Å². The first-order valence-corrected chi connectivity index (χ1v) is 9.78. The Morgan fingerprint density at radius 3 is 2.81 bits per heavy atom. The van der Waals surface area contributed by atoms with Crippen LogP contribution in [0.2, 0.25) is 0 Å². The Hall–Kier alpha value is -2.01. The summed E-state index contributed by atoms with van der Waals surface area (Å²) in [7, 11) is -2.24. The van der Waals surface area contributed by atoms with Crippen molar-refractivity contribution in [1.82, 2.24) is 10.6 Å². The molecule has 0 saturated carbocycles. The summed E-state index contributed by atoms with van der Waals surface area (Å²) in [6.07, 6.45) is 0.0859. The predicted octanol–water partition coefficient (Wildman–Crippen LogP) is -0.961. The van der Waals surface area contributed by atoms with Gasteiger partial charge in [-0.3, -0.25) is 9.59 Å². The Kier molecular flexibility index (Phi) is 7.09. The Bertz CT molecular complexity index is 753. The average molecular weight is 384 g/mol. The van der Waals surface area contributed by atoms with Crippen LogP contribution in [0, 0.1) is 5.92 Å². The van der Waals surface area contributed by atoms with Crippen molar-refractivity contribution in [3.63, 3.8) is 0 Å². The van der Waals surface area contributed by atoms with E-state index >= 15 is 0 Å². The number of carbonyl (C=O) groups excluding carboxylic acids is 2. The Balaban J connectivity index is 1.91. The first-order chi connectivity index (χ1) is 12.3. The second-order valence-electron chi connectivity index (χ2n) is 5.98. The van der Waals surface area contributed by atoms with Gasteiger partial charge in [-0.05, 0) is 18.2 Å². The second-order valence-corrected chi connectivity index (χ2v) is 7.54. The minimum absolute atomic E-state index is 0.0714. The molecule has 1 aromatic rings. The highest BCUT2D eigenvalue weighted by Gasteiger charge is 2.35. The standard InChI is InChI=1S/C16H24N4O5S/c1-25-8-7-18-5-6-19-16(22)12-9-15(21)20(11-12)13-3-2-4-14(10-13)26(17,23)24/h2-4,10,12,18H,5-9,11H2,1H3,(H,19,22)(H2,17,23,24). The number of sulfonamides is 1. The lowest BCUT2D eigenvalue weighted by atomic mass is 10.1. The van der Waals surface area contributed by atoms with Crippen molar-refractivity contribution in [3.8, 4) is 0 Å². The summed E-state index contributed by atoms with van der Waals surface area (Å²) in [4.78, 5) is 25.8. The lowest BCUT2D eigenvalue weighted by Gasteiger charge is -2.17. The van der Waals surface area contributed by atoms with Crippen LogP contribution in [-0.2, 0) is 24.3 Å². The van der Waals surface area contributed by atoms with Crippen LogP contribution in [0.15, 0.2) is 29.2 Å². The molecular formula is C16H24N4O5S. The fourth-order valence-corrected chi connectivity index (χ4v) is 3.23. The fraction of sp³-hybridized carbons (Fsp3) is 0.500. The van der Waals surface area contributed by atoms with Gasteiger partial charge in [0.2, 0.25) is 21.8 Å². The van der Waals surface area contributed by atoms with Crippen LogP contribution in [0.4, 0.5) is 5.69 Å². The van der Waals surface area contributed by atoms with Crippen LogP contribution in [0.5, 0.6) is 0 Å². The highest BCUT2D eigenvalue weighted by Crippen LogP contribution is 2.26. The van der Waals surface area contributed by atoms with E-state index in [1.807, 2.05) is 0 Å². The van der Waals surface area contributed by atoms with Gasteiger partial charge in [0.15, 0.2) is 0 Å². The summed E-state index contributed by atoms with van der Waals surface area (Å²) in [6, 6.07) is 5.83. The van der Waals surface area contributed by atoms with Gasteiger partial charge in [-0.2, -0.15) is 0 Å². The maximum atomic E-state index is 12.2. The van der Waals surface area contributed by atoms with Gasteiger partial charge in [-0.15, -0.1) is 0 Å². The SMILES string of the molecule is COCCNCCNC(=O)C1CC(=O)N(c2cccc(S(N)(=O)=O)c2)C1. The van der Waals surface area contributed by atoms with Crippen LogP contribution in [0.3, 0.4) is 0 Å². The van der Waals surface area contributed by atoms with E-state index in [0.29, 0.717) is 31.9 Å². The third kappa shape index (κ3) is 5.49. The third-order valence-corrected chi connectivity index (χ3v) is 4.95. The molecule has 9 nitrogen and oxygen atoms in total. The molecule has 26 heavy (non-hydrogen) atoms. The second kappa shape index (κ2) is 9.08. The third-order valence-electron chi connectivity index (χ3n) is 4.04. The van der Waals surface area contributed by atoms with Crippen LogP contribution in [-0.4, -0.2) is 60.1 Å². The van der Waals surface area contributed by atoms with E-state index in [-0.39, 0.29) is 29.7 Å². The van der Waals surface area contributed by atoms with Crippen molar-refractivity contribution in [2.24, 2.45) is 11.1 Å². The molecule has 0 aromatic heterocycles. The molecule has 10 heteroatoms. The number of primary sulfonamides is 1. The van der Waals surface area contributed by atoms with Crippen molar-refractivity contribution in [2.45, 2.75) is 11.3 Å². The number of hydrogen-bond donors (Lipinski definition) is 3. The number of anilines is 1. The summed E-state index contributed by atoms with van der Waals surface area (Å²) in [6.45, 7) is 2.56. The number of nitrogens with zero attached hydrogens (tertiary/aromatic N) is 1. The molecule has 0 spiro atoms. The number of ether oxygens (including phenoxy) is 1. The van der Waals surface area contributed by atoms with Crippen molar-refractivity contribution in [1.29, 1.82) is 0 Å². The van der Waals surface area contributed by atoms with Gasteiger partial charge >= 0.3 is 0 Å². The molecule has 1 aliphatic heterocycles. The number of amides is 2. The summed E-state index contributed by atoms with van der Waals surface area (Å²) in [5, 5.41) is 11.0. The average Bonchev–Trinajstić information content (AvgIpc) is 2.99. The Morgan fingerprint density at radius 2 is 2.12 bits per heavy atom. The smallest absolute Gasteiger partial charge is 0.238 e. The molecule has 1 saturated heterocycles. The summed E-state index contributed by atoms with van der Waals surface area (Å²) in [5.41, 5.74) is 0.415. The molecule has 0 aliphatic carbocycles. The number of carbonyl (C=O) groups is 2. The molecule has 1 aromatic carbocycles. The van der Waals surface area contributed by atoms with E-state index in [9.17, 15) is 18.0 Å². The molecule has 1 heterocycles. The normalized spacial score (nSPS) is 17.5. The van der Waals surface area contributed by atoms with Crippen LogP contribution < -0.4 is 20.7 Å². The van der Waals surface area contributed by atoms with E-state index in [1.165, 1.54) is 23.1 Å². The monoisotopic (exact) mass is 384 g/mol. The van der Waals surface area contributed by atoms with Crippen LogP contribution in [0.25, 0.3) is 0 Å². The Labute approximate surface area is 152 Å². The maximum absolute atomic E-state index is 12.2. The van der Waals surface area contributed by atoms with Crippen molar-refractivity contribution < 1.29 is 22.7 Å². The number of methoxy groups -OCH3 is 1. The molecule has 144 valence electrons. The number of nitrogens with one attached hydrogen (secondary N) is 2. The van der Waals surface area contributed by atoms with Crippen molar-refractivity contribution in [2.75, 3.05) is 44.8 Å². The minimum Gasteiger partial charge on any atom is -0.383 e. The summed E-state index contributed by atoms with van der Waals surface area (Å²) < 4.78 is 27.8. The van der Waals surface area contributed by atoms with E-state index in [4.69, 9.17) is 9.88 Å². The van der Waals surface area contributed by atoms with Gasteiger partial charge in [-0.25, -0.2) is 13.6 Å². The zero-order valence-corrected chi connectivity index (χ0v) is 15.4. The van der Waals surface area contributed by atoms with Gasteiger partial charge in [0.25, 0.3) is 0 Å². The minimum atomic E-state index is -3.86. The molecular weight excluding hydrogens is 360 g/mol. The van der Waals surface area contributed by atoms with Crippen LogP contribution >= 0.6 is 0 Å². The van der Waals surface area contributed by atoms with Crippen LogP contribution in [0.1, 0.15) is 6.42 Å². The maximum Gasteiger partial charge on any atom is 0.238 e. The van der Waals surface area contributed by atoms with E-state index in [2.05, 4.69) is 10.6 Å². The molecule has 0 bridgehead atoms. The fourth-order valence-electron chi connectivity index (χ4n) is 2.68. The zero-order valence-electron chi connectivity index (χ0n) is 14.6. The largest absolute Gasteiger partial charge is 0.383 e. The number of benzene rings is 1. The molecule has 1 aliphatic rings. The molecule has 1 atom stereocenters. The number of rotatable bonds is 9. The Morgan fingerprint density at radius 1 is 1.35 bits per heavy atom. The van der Waals surface area contributed by atoms with E-state index in [1.54, 1.807) is 13.2 Å². The zero-order chi connectivity index (χ0) is 19.2. The van der Waals surface area contributed by atoms with E-state index < -0.39 is 15.9 Å². The first kappa shape index (κ1) is 20.3. The van der Waals surface area contributed by atoms with Gasteiger partial charge in [0.05, 0.1) is 17.4 Å². The highest BCUT2D eigenvalue weighted by atomic mass is 32.2. The number of hydrogen-bond acceptors (Lipinski definition) is 6. The van der Waals surface area contributed by atoms with Crippen molar-refractivity contribution >= 4 is 27.5 Å². The topological polar surface area (TPSA) is 131 Å². The predicted molar refractivity (Wildman–Crippen MR) is 96.0 cm³/mol. The lowest BCUT2D eigenvalue weighted by Crippen LogP contribution is -2.37. The van der Waals surface area contributed by atoms with Gasteiger partial charge in [0, 0.05) is 45.4 Å². The van der Waals surface area contributed by atoms with Gasteiger partial charge in [0.1, 0.15) is 0 Å². The lowest BCUT2D eigenvalue weighted by molar-refractivity contribution is -0.126. The quantitative estimate of drug-likeness (QED) is 0.470. The molecule has 0 radical (unpaired) electrons. The molecule has 1 fully saturated rings. The van der Waals surface area contributed by atoms with Crippen molar-refractivity contribution in [3.05, 3.63) is 24.3 Å². The summed E-state index contributed by atoms with van der Waals surface area (Å²) in [5.74, 6) is -0.897.